The lowest BCUT2D eigenvalue weighted by molar-refractivity contribution is -0.122. The van der Waals surface area contributed by atoms with Gasteiger partial charge >= 0.3 is 6.03 Å². The van der Waals surface area contributed by atoms with E-state index in [0.717, 1.165) is 16.0 Å². The Bertz CT molecular complexity index is 1450. The molecule has 3 aromatic rings. The molecular weight excluding hydrogens is 498 g/mol. The van der Waals surface area contributed by atoms with Gasteiger partial charge in [-0.1, -0.05) is 23.7 Å². The van der Waals surface area contributed by atoms with E-state index in [0.29, 0.717) is 10.7 Å². The maximum absolute atomic E-state index is 13.1. The van der Waals surface area contributed by atoms with Crippen LogP contribution in [-0.4, -0.2) is 35.5 Å². The SMILES string of the molecule is Cc1cccc(NC(=O)COc2ccc(Cl)cc2/C=C2/C(=O)NC(=O)N(c3ccc(O)cc3)C2=O)c1C. The summed E-state index contributed by atoms with van der Waals surface area (Å²) >= 11 is 6.13. The zero-order valence-electron chi connectivity index (χ0n) is 19.9. The predicted octanol–water partition coefficient (Wildman–Crippen LogP) is 4.35. The van der Waals surface area contributed by atoms with Gasteiger partial charge in [-0.25, -0.2) is 9.69 Å². The van der Waals surface area contributed by atoms with Crippen LogP contribution in [0.5, 0.6) is 11.5 Å². The average molecular weight is 520 g/mol. The largest absolute Gasteiger partial charge is 0.508 e. The first-order chi connectivity index (χ1) is 17.6. The van der Waals surface area contributed by atoms with Crippen molar-refractivity contribution in [1.29, 1.82) is 0 Å². The van der Waals surface area contributed by atoms with Gasteiger partial charge in [-0.3, -0.25) is 19.7 Å². The highest BCUT2D eigenvalue weighted by Crippen LogP contribution is 2.28. The summed E-state index contributed by atoms with van der Waals surface area (Å²) in [6, 6.07) is 14.5. The molecule has 3 N–H and O–H groups in total. The number of anilines is 2. The second-order valence-electron chi connectivity index (χ2n) is 8.24. The summed E-state index contributed by atoms with van der Waals surface area (Å²) < 4.78 is 5.69. The molecule has 1 aliphatic rings. The first-order valence-electron chi connectivity index (χ1n) is 11.1. The third kappa shape index (κ3) is 5.62. The van der Waals surface area contributed by atoms with Crippen molar-refractivity contribution in [3.63, 3.8) is 0 Å². The van der Waals surface area contributed by atoms with E-state index in [2.05, 4.69) is 10.6 Å². The topological polar surface area (TPSA) is 125 Å². The lowest BCUT2D eigenvalue weighted by atomic mass is 10.1. The number of carbonyl (C=O) groups excluding carboxylic acids is 4. The molecule has 188 valence electrons. The number of hydrogen-bond acceptors (Lipinski definition) is 6. The molecule has 0 bridgehead atoms. The van der Waals surface area contributed by atoms with Crippen molar-refractivity contribution in [2.24, 2.45) is 0 Å². The van der Waals surface area contributed by atoms with Crippen LogP contribution in [0.4, 0.5) is 16.2 Å². The number of carbonyl (C=O) groups is 4. The third-order valence-corrected chi connectivity index (χ3v) is 5.95. The zero-order valence-corrected chi connectivity index (χ0v) is 20.6. The molecule has 9 nitrogen and oxygen atoms in total. The third-order valence-electron chi connectivity index (χ3n) is 5.72. The lowest BCUT2D eigenvalue weighted by Crippen LogP contribution is -2.54. The summed E-state index contributed by atoms with van der Waals surface area (Å²) in [5.41, 5.74) is 2.69. The van der Waals surface area contributed by atoms with Gasteiger partial charge in [0.1, 0.15) is 17.1 Å². The van der Waals surface area contributed by atoms with Crippen LogP contribution in [0.25, 0.3) is 6.08 Å². The molecule has 1 fully saturated rings. The number of urea groups is 1. The van der Waals surface area contributed by atoms with Crippen molar-refractivity contribution < 1.29 is 29.0 Å². The number of barbiturate groups is 1. The van der Waals surface area contributed by atoms with Gasteiger partial charge in [0, 0.05) is 16.3 Å². The lowest BCUT2D eigenvalue weighted by Gasteiger charge is -2.26. The van der Waals surface area contributed by atoms with E-state index in [4.69, 9.17) is 16.3 Å². The molecule has 0 aliphatic carbocycles. The van der Waals surface area contributed by atoms with Gasteiger partial charge in [-0.2, -0.15) is 0 Å². The summed E-state index contributed by atoms with van der Waals surface area (Å²) in [7, 11) is 0. The first kappa shape index (κ1) is 25.5. The fourth-order valence-electron chi connectivity index (χ4n) is 3.63. The number of imide groups is 2. The molecule has 0 saturated carbocycles. The Hall–Kier alpha value is -4.63. The number of rotatable bonds is 6. The average Bonchev–Trinajstić information content (AvgIpc) is 2.85. The number of amides is 5. The van der Waals surface area contributed by atoms with Gasteiger partial charge in [-0.05, 0) is 79.6 Å². The van der Waals surface area contributed by atoms with Gasteiger partial charge in [0.25, 0.3) is 17.7 Å². The first-order valence-corrected chi connectivity index (χ1v) is 11.5. The number of phenols is 1. The highest BCUT2D eigenvalue weighted by atomic mass is 35.5. The molecule has 0 atom stereocenters. The van der Waals surface area contributed by atoms with Crippen LogP contribution in [0, 0.1) is 13.8 Å². The molecule has 1 aliphatic heterocycles. The van der Waals surface area contributed by atoms with E-state index in [9.17, 15) is 24.3 Å². The minimum absolute atomic E-state index is 0.0530. The van der Waals surface area contributed by atoms with E-state index < -0.39 is 23.8 Å². The molecule has 37 heavy (non-hydrogen) atoms. The summed E-state index contributed by atoms with van der Waals surface area (Å²) in [5, 5.41) is 14.7. The van der Waals surface area contributed by atoms with E-state index in [-0.39, 0.29) is 34.9 Å². The number of halogens is 1. The number of aryl methyl sites for hydroxylation is 1. The summed E-state index contributed by atoms with van der Waals surface area (Å²) in [5.74, 6) is -2.04. The Labute approximate surface area is 217 Å². The number of phenolic OH excluding ortho intramolecular Hbond substituents is 1. The number of nitrogens with zero attached hydrogens (tertiary/aromatic N) is 1. The van der Waals surface area contributed by atoms with Crippen LogP contribution in [-0.2, 0) is 14.4 Å². The van der Waals surface area contributed by atoms with E-state index in [1.165, 1.54) is 48.5 Å². The molecule has 0 aromatic heterocycles. The summed E-state index contributed by atoms with van der Waals surface area (Å²) in [6.07, 6.45) is 1.24. The number of hydrogen-bond donors (Lipinski definition) is 3. The fraction of sp³-hybridized carbons (Fsp3) is 0.111. The van der Waals surface area contributed by atoms with Gasteiger partial charge < -0.3 is 15.2 Å². The van der Waals surface area contributed by atoms with Gasteiger partial charge in [0.2, 0.25) is 0 Å². The minimum Gasteiger partial charge on any atom is -0.508 e. The summed E-state index contributed by atoms with van der Waals surface area (Å²) in [4.78, 5) is 51.4. The Morgan fingerprint density at radius 2 is 1.81 bits per heavy atom. The Morgan fingerprint density at radius 3 is 2.54 bits per heavy atom. The number of benzene rings is 3. The Balaban J connectivity index is 1.58. The van der Waals surface area contributed by atoms with Crippen LogP contribution in [0.15, 0.2) is 66.2 Å². The second-order valence-corrected chi connectivity index (χ2v) is 8.68. The van der Waals surface area contributed by atoms with Crippen LogP contribution >= 0.6 is 11.6 Å². The van der Waals surface area contributed by atoms with Crippen molar-refractivity contribution in [3.8, 4) is 11.5 Å². The highest BCUT2D eigenvalue weighted by molar-refractivity contribution is 6.39. The quantitative estimate of drug-likeness (QED) is 0.328. The van der Waals surface area contributed by atoms with Crippen molar-refractivity contribution in [1.82, 2.24) is 5.32 Å². The van der Waals surface area contributed by atoms with Gasteiger partial charge in [0.05, 0.1) is 5.69 Å². The summed E-state index contributed by atoms with van der Waals surface area (Å²) in [6.45, 7) is 3.49. The Morgan fingerprint density at radius 1 is 1.08 bits per heavy atom. The maximum atomic E-state index is 13.1. The van der Waals surface area contributed by atoms with Crippen LogP contribution in [0.2, 0.25) is 5.02 Å². The molecule has 1 heterocycles. The molecule has 3 aromatic carbocycles. The molecule has 0 unspecified atom stereocenters. The molecule has 10 heteroatoms. The van der Waals surface area contributed by atoms with Crippen molar-refractivity contribution in [2.75, 3.05) is 16.8 Å². The molecule has 0 spiro atoms. The molecule has 4 rings (SSSR count). The van der Waals surface area contributed by atoms with Crippen molar-refractivity contribution in [3.05, 3.63) is 87.9 Å². The highest BCUT2D eigenvalue weighted by Gasteiger charge is 2.37. The Kier molecular flexibility index (Phi) is 7.26. The van der Waals surface area contributed by atoms with Gasteiger partial charge in [-0.15, -0.1) is 0 Å². The monoisotopic (exact) mass is 519 g/mol. The zero-order chi connectivity index (χ0) is 26.7. The number of nitrogens with one attached hydrogen (secondary N) is 2. The van der Waals surface area contributed by atoms with Crippen LogP contribution < -0.4 is 20.3 Å². The van der Waals surface area contributed by atoms with E-state index in [1.807, 2.05) is 26.0 Å². The van der Waals surface area contributed by atoms with Crippen molar-refractivity contribution >= 4 is 52.8 Å². The minimum atomic E-state index is -0.927. The predicted molar refractivity (Wildman–Crippen MR) is 139 cm³/mol. The van der Waals surface area contributed by atoms with E-state index in [1.54, 1.807) is 6.07 Å². The smallest absolute Gasteiger partial charge is 0.335 e. The van der Waals surface area contributed by atoms with E-state index >= 15 is 0 Å². The van der Waals surface area contributed by atoms with Crippen LogP contribution in [0.1, 0.15) is 16.7 Å². The molecular formula is C27H22ClN3O6. The fourth-order valence-corrected chi connectivity index (χ4v) is 3.81. The second kappa shape index (κ2) is 10.5. The van der Waals surface area contributed by atoms with Gasteiger partial charge in [0.15, 0.2) is 6.61 Å². The number of ether oxygens (including phenoxy) is 1. The van der Waals surface area contributed by atoms with Crippen LogP contribution in [0.3, 0.4) is 0 Å². The maximum Gasteiger partial charge on any atom is 0.335 e. The molecule has 1 saturated heterocycles. The normalized spacial score (nSPS) is 14.5. The number of aromatic hydroxyl groups is 1. The van der Waals surface area contributed by atoms with Crippen molar-refractivity contribution in [2.45, 2.75) is 13.8 Å². The standard InChI is InChI=1S/C27H22ClN3O6/c1-15-4-3-5-22(16(15)2)29-24(33)14-37-23-11-6-18(28)12-17(23)13-21-25(34)30-27(36)31(26(21)35)19-7-9-20(32)10-8-19/h3-13,32H,14H2,1-2H3,(H,29,33)(H,30,34,36)/b21-13-. The molecule has 0 radical (unpaired) electrons. The molecule has 5 amide bonds.